The number of hydrogen-bond donors (Lipinski definition) is 2. The van der Waals surface area contributed by atoms with Gasteiger partial charge < -0.3 is 15.5 Å². The molecular formula is C21H23Cl2N3O3. The minimum Gasteiger partial charge on any atom is -0.352 e. The molecule has 0 bridgehead atoms. The van der Waals surface area contributed by atoms with Crippen LogP contribution in [0.4, 0.5) is 5.69 Å². The average molecular weight is 436 g/mol. The van der Waals surface area contributed by atoms with Crippen molar-refractivity contribution in [3.05, 3.63) is 64.1 Å². The maximum absolute atomic E-state index is 12.5. The average Bonchev–Trinajstić information content (AvgIpc) is 2.71. The van der Waals surface area contributed by atoms with Crippen LogP contribution in [-0.4, -0.2) is 42.3 Å². The van der Waals surface area contributed by atoms with E-state index in [1.165, 1.54) is 4.90 Å². The Hall–Kier alpha value is -2.57. The van der Waals surface area contributed by atoms with Crippen LogP contribution in [0.5, 0.6) is 0 Å². The van der Waals surface area contributed by atoms with Crippen molar-refractivity contribution in [1.82, 2.24) is 10.2 Å². The van der Waals surface area contributed by atoms with E-state index in [1.807, 2.05) is 13.0 Å². The summed E-state index contributed by atoms with van der Waals surface area (Å²) in [5.41, 5.74) is 0.923. The molecule has 0 aliphatic heterocycles. The van der Waals surface area contributed by atoms with Gasteiger partial charge in [-0.15, -0.1) is 0 Å². The fourth-order valence-corrected chi connectivity index (χ4v) is 2.99. The zero-order chi connectivity index (χ0) is 21.2. The van der Waals surface area contributed by atoms with Crippen molar-refractivity contribution in [3.8, 4) is 0 Å². The second-order valence-electron chi connectivity index (χ2n) is 6.36. The monoisotopic (exact) mass is 435 g/mol. The van der Waals surface area contributed by atoms with Crippen LogP contribution in [0, 0.1) is 0 Å². The molecule has 0 aliphatic carbocycles. The van der Waals surface area contributed by atoms with Crippen molar-refractivity contribution in [2.24, 2.45) is 0 Å². The quantitative estimate of drug-likeness (QED) is 0.624. The Morgan fingerprint density at radius 1 is 1.03 bits per heavy atom. The van der Waals surface area contributed by atoms with Crippen molar-refractivity contribution in [2.75, 3.05) is 25.0 Å². The molecule has 0 unspecified atom stereocenters. The molecule has 2 N–H and O–H groups in total. The lowest BCUT2D eigenvalue weighted by Gasteiger charge is -2.22. The third-order valence-electron chi connectivity index (χ3n) is 4.04. The van der Waals surface area contributed by atoms with E-state index in [0.29, 0.717) is 34.3 Å². The van der Waals surface area contributed by atoms with E-state index in [-0.39, 0.29) is 37.2 Å². The van der Waals surface area contributed by atoms with Crippen LogP contribution in [0.1, 0.15) is 30.1 Å². The first-order valence-corrected chi connectivity index (χ1v) is 10.0. The van der Waals surface area contributed by atoms with Crippen molar-refractivity contribution in [2.45, 2.75) is 19.8 Å². The molecular weight excluding hydrogens is 413 g/mol. The van der Waals surface area contributed by atoms with E-state index >= 15 is 0 Å². The molecule has 2 aromatic rings. The van der Waals surface area contributed by atoms with Gasteiger partial charge in [-0.1, -0.05) is 48.3 Å². The van der Waals surface area contributed by atoms with Gasteiger partial charge in [0, 0.05) is 30.1 Å². The molecule has 2 aromatic carbocycles. The Morgan fingerprint density at radius 3 is 2.45 bits per heavy atom. The van der Waals surface area contributed by atoms with Gasteiger partial charge in [-0.2, -0.15) is 0 Å². The van der Waals surface area contributed by atoms with Crippen LogP contribution < -0.4 is 10.6 Å². The third kappa shape index (κ3) is 7.40. The van der Waals surface area contributed by atoms with E-state index < -0.39 is 0 Å². The number of anilines is 1. The number of carbonyl (C=O) groups excluding carboxylic acids is 3. The van der Waals surface area contributed by atoms with Crippen LogP contribution in [0.25, 0.3) is 0 Å². The molecule has 0 heterocycles. The van der Waals surface area contributed by atoms with Crippen LogP contribution >= 0.6 is 23.2 Å². The molecule has 0 saturated carbocycles. The van der Waals surface area contributed by atoms with E-state index in [9.17, 15) is 14.4 Å². The molecule has 0 saturated heterocycles. The van der Waals surface area contributed by atoms with E-state index in [2.05, 4.69) is 10.6 Å². The zero-order valence-electron chi connectivity index (χ0n) is 16.1. The van der Waals surface area contributed by atoms with Gasteiger partial charge in [0.25, 0.3) is 5.91 Å². The summed E-state index contributed by atoms with van der Waals surface area (Å²) in [5, 5.41) is 6.19. The van der Waals surface area contributed by atoms with Crippen molar-refractivity contribution < 1.29 is 14.4 Å². The van der Waals surface area contributed by atoms with Gasteiger partial charge in [0.05, 0.1) is 17.3 Å². The van der Waals surface area contributed by atoms with Crippen LogP contribution in [0.2, 0.25) is 10.0 Å². The number of nitrogens with one attached hydrogen (secondary N) is 2. The van der Waals surface area contributed by atoms with E-state index in [4.69, 9.17) is 23.2 Å². The van der Waals surface area contributed by atoms with Gasteiger partial charge in [-0.3, -0.25) is 14.4 Å². The second-order valence-corrected chi connectivity index (χ2v) is 7.20. The number of carbonyl (C=O) groups is 3. The summed E-state index contributed by atoms with van der Waals surface area (Å²) >= 11 is 12.0. The summed E-state index contributed by atoms with van der Waals surface area (Å²) in [4.78, 5) is 38.4. The van der Waals surface area contributed by atoms with Crippen LogP contribution in [-0.2, 0) is 9.59 Å². The van der Waals surface area contributed by atoms with Gasteiger partial charge in [0.1, 0.15) is 0 Å². The second kappa shape index (κ2) is 11.4. The molecule has 0 fully saturated rings. The highest BCUT2D eigenvalue weighted by atomic mass is 35.5. The van der Waals surface area contributed by atoms with Crippen molar-refractivity contribution >= 4 is 46.6 Å². The van der Waals surface area contributed by atoms with Crippen molar-refractivity contribution in [1.29, 1.82) is 0 Å². The highest BCUT2D eigenvalue weighted by Gasteiger charge is 2.17. The number of benzene rings is 2. The topological polar surface area (TPSA) is 78.5 Å². The molecule has 29 heavy (non-hydrogen) atoms. The fourth-order valence-electron chi connectivity index (χ4n) is 2.65. The number of nitrogens with zero attached hydrogens (tertiary/aromatic N) is 1. The Kier molecular flexibility index (Phi) is 8.96. The molecule has 6 nitrogen and oxygen atoms in total. The number of hydrogen-bond acceptors (Lipinski definition) is 3. The highest BCUT2D eigenvalue weighted by molar-refractivity contribution is 6.35. The molecule has 2 rings (SSSR count). The highest BCUT2D eigenvalue weighted by Crippen LogP contribution is 2.25. The summed E-state index contributed by atoms with van der Waals surface area (Å²) < 4.78 is 0. The van der Waals surface area contributed by atoms with Gasteiger partial charge in [-0.05, 0) is 36.8 Å². The largest absolute Gasteiger partial charge is 0.352 e. The van der Waals surface area contributed by atoms with Gasteiger partial charge in [0.2, 0.25) is 11.8 Å². The smallest absolute Gasteiger partial charge is 0.251 e. The molecule has 0 aliphatic rings. The summed E-state index contributed by atoms with van der Waals surface area (Å²) in [6.45, 7) is 2.43. The molecule has 8 heteroatoms. The maximum Gasteiger partial charge on any atom is 0.251 e. The normalized spacial score (nSPS) is 10.3. The predicted molar refractivity (Wildman–Crippen MR) is 115 cm³/mol. The first-order valence-electron chi connectivity index (χ1n) is 9.26. The Bertz CT molecular complexity index is 860. The Morgan fingerprint density at radius 2 is 1.76 bits per heavy atom. The summed E-state index contributed by atoms with van der Waals surface area (Å²) in [5.74, 6) is -0.828. The molecule has 154 valence electrons. The number of amides is 3. The first-order chi connectivity index (χ1) is 13.9. The lowest BCUT2D eigenvalue weighted by molar-refractivity contribution is -0.134. The molecule has 0 atom stereocenters. The Labute approximate surface area is 180 Å². The van der Waals surface area contributed by atoms with Gasteiger partial charge in [0.15, 0.2) is 0 Å². The van der Waals surface area contributed by atoms with Crippen LogP contribution in [0.3, 0.4) is 0 Å². The molecule has 0 radical (unpaired) electrons. The fraction of sp³-hybridized carbons (Fsp3) is 0.286. The van der Waals surface area contributed by atoms with Gasteiger partial charge >= 0.3 is 0 Å². The third-order valence-corrected chi connectivity index (χ3v) is 4.61. The SMILES string of the molecule is CCCN(CC(=O)Nc1cc(Cl)ccc1Cl)C(=O)CCNC(=O)c1ccccc1. The summed E-state index contributed by atoms with van der Waals surface area (Å²) in [6, 6.07) is 13.5. The minimum absolute atomic E-state index is 0.101. The standard InChI is InChI=1S/C21H23Cl2N3O3/c1-2-12-26(14-19(27)25-18-13-16(22)8-9-17(18)23)20(28)10-11-24-21(29)15-6-4-3-5-7-15/h3-9,13H,2,10-12,14H2,1H3,(H,24,29)(H,25,27). The predicted octanol–water partition coefficient (Wildman–Crippen LogP) is 3.99. The molecule has 0 spiro atoms. The minimum atomic E-state index is -0.371. The first kappa shape index (κ1) is 22.7. The Balaban J connectivity index is 1.87. The number of rotatable bonds is 9. The lowest BCUT2D eigenvalue weighted by atomic mass is 10.2. The maximum atomic E-state index is 12.5. The lowest BCUT2D eigenvalue weighted by Crippen LogP contribution is -2.40. The number of halogens is 2. The molecule has 3 amide bonds. The zero-order valence-corrected chi connectivity index (χ0v) is 17.6. The molecule has 0 aromatic heterocycles. The summed E-state index contributed by atoms with van der Waals surface area (Å²) in [6.07, 6.45) is 0.803. The van der Waals surface area contributed by atoms with Gasteiger partial charge in [-0.25, -0.2) is 0 Å². The van der Waals surface area contributed by atoms with Crippen LogP contribution in [0.15, 0.2) is 48.5 Å². The summed E-state index contributed by atoms with van der Waals surface area (Å²) in [7, 11) is 0. The van der Waals surface area contributed by atoms with Crippen molar-refractivity contribution in [3.63, 3.8) is 0 Å². The van der Waals surface area contributed by atoms with E-state index in [0.717, 1.165) is 0 Å². The van der Waals surface area contributed by atoms with E-state index in [1.54, 1.807) is 42.5 Å².